The Hall–Kier alpha value is -3.92. The summed E-state index contributed by atoms with van der Waals surface area (Å²) in [4.78, 5) is 5.12. The van der Waals surface area contributed by atoms with Gasteiger partial charge in [-0.3, -0.25) is 0 Å². The number of nitrogens with one attached hydrogen (secondary N) is 2. The molecule has 0 spiro atoms. The Balaban J connectivity index is 1.50. The van der Waals surface area contributed by atoms with E-state index < -0.39 is 0 Å². The van der Waals surface area contributed by atoms with Crippen LogP contribution in [-0.4, -0.2) is 0 Å². The molecule has 3 aliphatic heterocycles. The number of nitrogens with zero attached hydrogens (tertiary/aromatic N) is 2. The van der Waals surface area contributed by atoms with Gasteiger partial charge in [0.05, 0.1) is 0 Å². The predicted molar refractivity (Wildman–Crippen MR) is 131 cm³/mol. The van der Waals surface area contributed by atoms with Gasteiger partial charge in [-0.2, -0.15) is 0 Å². The van der Waals surface area contributed by atoms with Crippen molar-refractivity contribution in [2.75, 3.05) is 20.4 Å². The van der Waals surface area contributed by atoms with Gasteiger partial charge in [-0.05, 0) is 42.8 Å². The van der Waals surface area contributed by atoms with E-state index in [1.54, 1.807) is 0 Å². The van der Waals surface area contributed by atoms with Crippen molar-refractivity contribution in [2.24, 2.45) is 0 Å². The average Bonchev–Trinajstić information content (AvgIpc) is 2.83. The largest absolute Gasteiger partial charge is 0.361 e. The molecule has 156 valence electrons. The maximum Gasteiger partial charge on any atom is 0.134 e. The summed E-state index contributed by atoms with van der Waals surface area (Å²) >= 11 is 0. The van der Waals surface area contributed by atoms with Crippen LogP contribution in [0.4, 0.5) is 22.7 Å². The first-order valence-electron chi connectivity index (χ1n) is 11.2. The summed E-state index contributed by atoms with van der Waals surface area (Å²) < 4.78 is 0. The zero-order valence-electron chi connectivity index (χ0n) is 17.9. The quantitative estimate of drug-likeness (QED) is 0.387. The van der Waals surface area contributed by atoms with Crippen LogP contribution >= 0.6 is 0 Å². The maximum atomic E-state index is 3.89. The number of hydrogen-bond donors (Lipinski definition) is 2. The van der Waals surface area contributed by atoms with Gasteiger partial charge < -0.3 is 20.4 Å². The van der Waals surface area contributed by atoms with Gasteiger partial charge in [0.15, 0.2) is 0 Å². The van der Waals surface area contributed by atoms with Gasteiger partial charge in [-0.15, -0.1) is 0 Å². The third-order valence-corrected chi connectivity index (χ3v) is 6.95. The van der Waals surface area contributed by atoms with Crippen LogP contribution in [0.15, 0.2) is 97.1 Å². The van der Waals surface area contributed by atoms with Crippen LogP contribution in [0.5, 0.6) is 0 Å². The zero-order valence-corrected chi connectivity index (χ0v) is 17.9. The number of aryl methyl sites for hydroxylation is 1. The Morgan fingerprint density at radius 2 is 1.38 bits per heavy atom. The van der Waals surface area contributed by atoms with Crippen LogP contribution < -0.4 is 20.4 Å². The molecular formula is C28H24N4. The van der Waals surface area contributed by atoms with Crippen molar-refractivity contribution >= 4 is 22.7 Å². The van der Waals surface area contributed by atoms with Crippen molar-refractivity contribution in [1.82, 2.24) is 0 Å². The normalized spacial score (nSPS) is 21.7. The van der Waals surface area contributed by atoms with Crippen LogP contribution in [-0.2, 0) is 0 Å². The standard InChI is InChI=1S/C28H24N4/c1-18-9-8-10-19(17-18)29-26-21-12-3-6-15-24(21)32-27-22-13-4-7-16-25(22)31(26)28(32)20-11-2-5-14-23(20)30-27/h2-17,26-30H,1H3/t26-,27+,28?/m0/s1. The minimum Gasteiger partial charge on any atom is -0.361 e. The van der Waals surface area contributed by atoms with Gasteiger partial charge in [0.1, 0.15) is 18.5 Å². The first-order valence-corrected chi connectivity index (χ1v) is 11.2. The number of rotatable bonds is 2. The molecule has 3 aliphatic rings. The molecule has 32 heavy (non-hydrogen) atoms. The Labute approximate surface area is 188 Å². The number of fused-ring (bicyclic) bond motifs is 5. The minimum atomic E-state index is 0.0162. The molecule has 0 saturated heterocycles. The molecule has 4 nitrogen and oxygen atoms in total. The highest BCUT2D eigenvalue weighted by Gasteiger charge is 2.50. The Morgan fingerprint density at radius 3 is 2.19 bits per heavy atom. The van der Waals surface area contributed by atoms with Crippen molar-refractivity contribution in [3.05, 3.63) is 119 Å². The van der Waals surface area contributed by atoms with Crippen LogP contribution in [0.1, 0.15) is 40.8 Å². The second kappa shape index (κ2) is 6.54. The third kappa shape index (κ3) is 2.38. The lowest BCUT2D eigenvalue weighted by Gasteiger charge is -2.60. The molecule has 0 aromatic heterocycles. The number of anilines is 4. The molecule has 3 atom stereocenters. The average molecular weight is 417 g/mol. The van der Waals surface area contributed by atoms with E-state index in [0.29, 0.717) is 0 Å². The van der Waals surface area contributed by atoms with Crippen molar-refractivity contribution < 1.29 is 0 Å². The molecule has 4 bridgehead atoms. The summed E-state index contributed by atoms with van der Waals surface area (Å²) in [6, 6.07) is 35.0. The fourth-order valence-electron chi connectivity index (χ4n) is 5.65. The topological polar surface area (TPSA) is 30.5 Å². The molecule has 4 heteroatoms. The van der Waals surface area contributed by atoms with Gasteiger partial charge in [0.2, 0.25) is 0 Å². The maximum absolute atomic E-state index is 3.89. The molecule has 3 heterocycles. The lowest BCUT2D eigenvalue weighted by Crippen LogP contribution is -2.58. The minimum absolute atomic E-state index is 0.0162. The van der Waals surface area contributed by atoms with Gasteiger partial charge in [-0.1, -0.05) is 66.7 Å². The van der Waals surface area contributed by atoms with Crippen LogP contribution in [0.3, 0.4) is 0 Å². The van der Waals surface area contributed by atoms with Crippen LogP contribution in [0.2, 0.25) is 0 Å². The van der Waals surface area contributed by atoms with E-state index in [-0.39, 0.29) is 18.5 Å². The fraction of sp³-hybridized carbons (Fsp3) is 0.143. The third-order valence-electron chi connectivity index (χ3n) is 6.95. The first-order chi connectivity index (χ1) is 15.8. The smallest absolute Gasteiger partial charge is 0.134 e. The van der Waals surface area contributed by atoms with Crippen molar-refractivity contribution in [3.8, 4) is 0 Å². The molecule has 2 N–H and O–H groups in total. The summed E-state index contributed by atoms with van der Waals surface area (Å²) in [7, 11) is 0. The molecule has 0 radical (unpaired) electrons. The summed E-state index contributed by atoms with van der Waals surface area (Å²) in [6.07, 6.45) is 0.232. The van der Waals surface area contributed by atoms with Crippen LogP contribution in [0.25, 0.3) is 0 Å². The molecule has 0 aliphatic carbocycles. The van der Waals surface area contributed by atoms with E-state index in [4.69, 9.17) is 0 Å². The molecule has 4 aromatic carbocycles. The predicted octanol–water partition coefficient (Wildman–Crippen LogP) is 6.57. The van der Waals surface area contributed by atoms with E-state index in [2.05, 4.69) is 124 Å². The molecular weight excluding hydrogens is 392 g/mol. The Bertz CT molecular complexity index is 1350. The molecule has 7 rings (SSSR count). The van der Waals surface area contributed by atoms with E-state index in [1.165, 1.54) is 39.3 Å². The summed E-state index contributed by atoms with van der Waals surface area (Å²) in [5, 5.41) is 7.72. The second-order valence-electron chi connectivity index (χ2n) is 8.86. The highest BCUT2D eigenvalue weighted by molar-refractivity contribution is 5.79. The zero-order chi connectivity index (χ0) is 21.2. The van der Waals surface area contributed by atoms with Gasteiger partial charge in [-0.25, -0.2) is 0 Å². The summed E-state index contributed by atoms with van der Waals surface area (Å²) in [5.41, 5.74) is 10.1. The highest BCUT2D eigenvalue weighted by Crippen LogP contribution is 2.58. The van der Waals surface area contributed by atoms with E-state index >= 15 is 0 Å². The molecule has 4 aromatic rings. The summed E-state index contributed by atoms with van der Waals surface area (Å²) in [6.45, 7) is 2.14. The molecule has 1 unspecified atom stereocenters. The molecule has 0 saturated carbocycles. The second-order valence-corrected chi connectivity index (χ2v) is 8.86. The SMILES string of the molecule is Cc1cccc(N[C@@H]2c3ccccc3N3C4c5ccccc5N[C@H]3c3ccccc3N42)c1. The molecule has 0 fully saturated rings. The number of para-hydroxylation sites is 3. The van der Waals surface area contributed by atoms with Crippen molar-refractivity contribution in [2.45, 2.75) is 25.4 Å². The monoisotopic (exact) mass is 416 g/mol. The van der Waals surface area contributed by atoms with Gasteiger partial charge in [0, 0.05) is 39.4 Å². The summed E-state index contributed by atoms with van der Waals surface area (Å²) in [5.74, 6) is 0. The fourth-order valence-corrected chi connectivity index (χ4v) is 5.65. The van der Waals surface area contributed by atoms with Gasteiger partial charge in [0.25, 0.3) is 0 Å². The Morgan fingerprint density at radius 1 is 0.688 bits per heavy atom. The van der Waals surface area contributed by atoms with E-state index in [1.807, 2.05) is 0 Å². The van der Waals surface area contributed by atoms with Gasteiger partial charge >= 0.3 is 0 Å². The van der Waals surface area contributed by atoms with Crippen molar-refractivity contribution in [1.29, 1.82) is 0 Å². The highest BCUT2D eigenvalue weighted by atomic mass is 15.5. The van der Waals surface area contributed by atoms with E-state index in [0.717, 1.165) is 5.69 Å². The number of benzene rings is 4. The lowest BCUT2D eigenvalue weighted by atomic mass is 9.88. The van der Waals surface area contributed by atoms with Crippen LogP contribution in [0, 0.1) is 6.92 Å². The number of hydrogen-bond acceptors (Lipinski definition) is 4. The van der Waals surface area contributed by atoms with E-state index in [9.17, 15) is 0 Å². The molecule has 0 amide bonds. The van der Waals surface area contributed by atoms with Crippen molar-refractivity contribution in [3.63, 3.8) is 0 Å². The lowest BCUT2D eigenvalue weighted by molar-refractivity contribution is 0.432. The Kier molecular flexibility index (Phi) is 3.62. The first kappa shape index (κ1) is 17.7.